The van der Waals surface area contributed by atoms with Gasteiger partial charge in [0.1, 0.15) is 0 Å². The maximum atomic E-state index is 13.1. The van der Waals surface area contributed by atoms with E-state index >= 15 is 0 Å². The molecule has 115 valence electrons. The van der Waals surface area contributed by atoms with Gasteiger partial charge in [0.05, 0.1) is 5.56 Å². The van der Waals surface area contributed by atoms with Gasteiger partial charge in [0.2, 0.25) is 0 Å². The third kappa shape index (κ3) is 2.21. The van der Waals surface area contributed by atoms with Crippen molar-refractivity contribution in [2.24, 2.45) is 0 Å². The number of nitrogens with one attached hydrogen (secondary N) is 1. The van der Waals surface area contributed by atoms with E-state index in [0.717, 1.165) is 27.9 Å². The summed E-state index contributed by atoms with van der Waals surface area (Å²) in [5, 5.41) is 3.09. The lowest BCUT2D eigenvalue weighted by atomic mass is 9.77. The topological polar surface area (TPSA) is 46.2 Å². The first kappa shape index (κ1) is 17.0. The van der Waals surface area contributed by atoms with E-state index < -0.39 is 0 Å². The van der Waals surface area contributed by atoms with Gasteiger partial charge in [0.15, 0.2) is 11.6 Å². The molecule has 0 fully saturated rings. The van der Waals surface area contributed by atoms with Crippen LogP contribution in [-0.4, -0.2) is 27.0 Å². The van der Waals surface area contributed by atoms with E-state index in [9.17, 15) is 9.59 Å². The maximum absolute atomic E-state index is 13.1. The second-order valence-corrected chi connectivity index (χ2v) is 5.99. The van der Waals surface area contributed by atoms with E-state index in [4.69, 9.17) is 0 Å². The molecule has 3 rings (SSSR count). The first-order valence-electron chi connectivity index (χ1n) is 7.40. The van der Waals surface area contributed by atoms with E-state index in [1.807, 2.05) is 45.9 Å². The molecule has 4 heteroatoms. The van der Waals surface area contributed by atoms with Crippen LogP contribution in [0.2, 0.25) is 0 Å². The normalized spacial score (nSPS) is 12.4. The number of carbonyl (C=O) groups excluding carboxylic acids is 2. The Bertz CT molecular complexity index is 853. The summed E-state index contributed by atoms with van der Waals surface area (Å²) in [7, 11) is 1.79. The summed E-state index contributed by atoms with van der Waals surface area (Å²) in [5.74, 6) is -0.0956. The molecule has 0 spiro atoms. The molecule has 23 heavy (non-hydrogen) atoms. The third-order valence-electron chi connectivity index (χ3n) is 4.50. The van der Waals surface area contributed by atoms with Crippen molar-refractivity contribution in [1.82, 2.24) is 0 Å². The van der Waals surface area contributed by atoms with Gasteiger partial charge in [-0.1, -0.05) is 18.2 Å². The summed E-state index contributed by atoms with van der Waals surface area (Å²) >= 11 is 0. The van der Waals surface area contributed by atoms with Crippen molar-refractivity contribution in [3.8, 4) is 0 Å². The number of ketones is 2. The molecule has 3 nitrogen and oxygen atoms in total. The highest BCUT2D eigenvalue weighted by atomic mass is 16.1. The van der Waals surface area contributed by atoms with Gasteiger partial charge >= 0.3 is 0 Å². The van der Waals surface area contributed by atoms with Gasteiger partial charge < -0.3 is 5.32 Å². The van der Waals surface area contributed by atoms with Crippen LogP contribution in [0.25, 0.3) is 0 Å². The molecule has 1 N–H and O–H groups in total. The predicted octanol–water partition coefficient (Wildman–Crippen LogP) is 3.36. The van der Waals surface area contributed by atoms with Crippen LogP contribution in [0.4, 0.5) is 5.69 Å². The average Bonchev–Trinajstić information content (AvgIpc) is 2.46. The fraction of sp³-hybridized carbons (Fsp3) is 0.263. The molecule has 0 aromatic heterocycles. The van der Waals surface area contributed by atoms with Crippen LogP contribution in [0.15, 0.2) is 18.2 Å². The Morgan fingerprint density at radius 3 is 1.61 bits per heavy atom. The first-order valence-corrected chi connectivity index (χ1v) is 7.40. The molecule has 0 aliphatic heterocycles. The maximum Gasteiger partial charge on any atom is 0.196 e. The minimum atomic E-state index is -0.0537. The van der Waals surface area contributed by atoms with Gasteiger partial charge in [-0.05, 0) is 49.9 Å². The zero-order valence-electron chi connectivity index (χ0n) is 14.1. The average molecular weight is 304 g/mol. The number of hydrogen-bond donors (Lipinski definition) is 1. The number of fused-ring (bicyclic) bond motifs is 2. The molecule has 1 aliphatic rings. The highest BCUT2D eigenvalue weighted by Gasteiger charge is 2.35. The molecular weight excluding hydrogens is 285 g/mol. The van der Waals surface area contributed by atoms with Crippen molar-refractivity contribution < 1.29 is 9.59 Å². The summed E-state index contributed by atoms with van der Waals surface area (Å²) in [6, 6.07) is 5.78. The zero-order valence-corrected chi connectivity index (χ0v) is 14.1. The predicted molar refractivity (Wildman–Crippen MR) is 94.0 cm³/mol. The minimum absolute atomic E-state index is 0. The smallest absolute Gasteiger partial charge is 0.196 e. The highest BCUT2D eigenvalue weighted by molar-refractivity contribution is 6.31. The van der Waals surface area contributed by atoms with Crippen LogP contribution >= 0.6 is 0 Å². The lowest BCUT2D eigenvalue weighted by Crippen LogP contribution is -2.26. The van der Waals surface area contributed by atoms with Crippen LogP contribution in [-0.2, 0) is 0 Å². The van der Waals surface area contributed by atoms with Gasteiger partial charge in [-0.25, -0.2) is 0 Å². The Morgan fingerprint density at radius 2 is 1.13 bits per heavy atom. The lowest BCUT2D eigenvalue weighted by molar-refractivity contribution is 0.0978. The Morgan fingerprint density at radius 1 is 0.696 bits per heavy atom. The summed E-state index contributed by atoms with van der Waals surface area (Å²) < 4.78 is 0. The van der Waals surface area contributed by atoms with E-state index in [-0.39, 0.29) is 20.0 Å². The zero-order chi connectivity index (χ0) is 16.2. The van der Waals surface area contributed by atoms with Crippen LogP contribution in [0.3, 0.4) is 0 Å². The summed E-state index contributed by atoms with van der Waals surface area (Å²) in [4.78, 5) is 26.2. The fourth-order valence-corrected chi connectivity index (χ4v) is 3.48. The number of aryl methyl sites for hydroxylation is 4. The molecule has 3 radical (unpaired) electrons. The second-order valence-electron chi connectivity index (χ2n) is 5.99. The number of hydrogen-bond acceptors (Lipinski definition) is 3. The van der Waals surface area contributed by atoms with E-state index in [1.165, 1.54) is 0 Å². The molecule has 0 unspecified atom stereocenters. The number of carbonyl (C=O) groups is 2. The number of anilines is 1. The van der Waals surface area contributed by atoms with Crippen molar-refractivity contribution in [2.45, 2.75) is 27.7 Å². The highest BCUT2D eigenvalue weighted by Crippen LogP contribution is 2.38. The van der Waals surface area contributed by atoms with Gasteiger partial charge in [0, 0.05) is 37.8 Å². The largest absolute Gasteiger partial charge is 0.387 e. The van der Waals surface area contributed by atoms with Gasteiger partial charge in [0.25, 0.3) is 0 Å². The number of rotatable bonds is 1. The molecule has 0 heterocycles. The molecule has 0 atom stereocenters. The van der Waals surface area contributed by atoms with Crippen LogP contribution in [0.1, 0.15) is 54.1 Å². The van der Waals surface area contributed by atoms with Gasteiger partial charge in [-0.15, -0.1) is 0 Å². The van der Waals surface area contributed by atoms with Crippen molar-refractivity contribution in [3.63, 3.8) is 0 Å². The molecule has 0 saturated heterocycles. The van der Waals surface area contributed by atoms with Crippen molar-refractivity contribution in [1.29, 1.82) is 0 Å². The van der Waals surface area contributed by atoms with Gasteiger partial charge in [-0.2, -0.15) is 0 Å². The van der Waals surface area contributed by atoms with Crippen LogP contribution in [0.5, 0.6) is 0 Å². The molecule has 1 aliphatic carbocycles. The van der Waals surface area contributed by atoms with E-state index in [0.29, 0.717) is 22.3 Å². The Balaban J connectivity index is 0.00000192. The molecule has 0 amide bonds. The van der Waals surface area contributed by atoms with E-state index in [2.05, 4.69) is 5.32 Å². The monoisotopic (exact) mass is 304 g/mol. The molecule has 2 aromatic carbocycles. The number of benzene rings is 2. The summed E-state index contributed by atoms with van der Waals surface area (Å²) in [6.07, 6.45) is 0. The van der Waals surface area contributed by atoms with Crippen LogP contribution < -0.4 is 5.32 Å². The van der Waals surface area contributed by atoms with Crippen molar-refractivity contribution in [2.75, 3.05) is 12.4 Å². The fourth-order valence-electron chi connectivity index (χ4n) is 3.48. The van der Waals surface area contributed by atoms with E-state index in [1.54, 1.807) is 7.05 Å². The molecule has 0 bridgehead atoms. The Hall–Kier alpha value is -2.36. The molecule has 0 saturated carbocycles. The molecular formula is C19H19BNO2. The third-order valence-corrected chi connectivity index (χ3v) is 4.50. The quantitative estimate of drug-likeness (QED) is 0.701. The SMILES string of the molecule is CNc1c(C)cc(C)c2c1C(=O)c1c(C)ccc(C)c1C2=O.[B]. The summed E-state index contributed by atoms with van der Waals surface area (Å²) in [6.45, 7) is 7.62. The minimum Gasteiger partial charge on any atom is -0.387 e. The first-order chi connectivity index (χ1) is 10.4. The lowest BCUT2D eigenvalue weighted by Gasteiger charge is -2.25. The standard InChI is InChI=1S/C19H19NO2.B/c1-9-6-7-10(2)14-13(9)18(21)15-11(3)8-12(4)17(20-5)16(15)19(14)22;/h6-8,20H,1-5H3;. The van der Waals surface area contributed by atoms with Crippen molar-refractivity contribution in [3.05, 3.63) is 62.7 Å². The Labute approximate surface area is 138 Å². The second kappa shape index (κ2) is 5.69. The van der Waals surface area contributed by atoms with Crippen molar-refractivity contribution >= 4 is 25.7 Å². The van der Waals surface area contributed by atoms with Crippen LogP contribution in [0, 0.1) is 27.7 Å². The molecule has 2 aromatic rings. The Kier molecular flexibility index (Phi) is 4.21. The van der Waals surface area contributed by atoms with Gasteiger partial charge in [-0.3, -0.25) is 9.59 Å². The summed E-state index contributed by atoms with van der Waals surface area (Å²) in [5.41, 5.74) is 6.48.